The largest absolute Gasteiger partial charge is 0.394 e. The molecule has 0 aliphatic carbocycles. The van der Waals surface area contributed by atoms with Crippen LogP contribution in [0.3, 0.4) is 0 Å². The normalized spacial score (nSPS) is 14.6. The van der Waals surface area contributed by atoms with Crippen molar-refractivity contribution in [2.45, 2.75) is 18.5 Å². The third-order valence-electron chi connectivity index (χ3n) is 2.61. The van der Waals surface area contributed by atoms with Gasteiger partial charge in [-0.05, 0) is 12.0 Å². The third kappa shape index (κ3) is 6.11. The smallest absolute Gasteiger partial charge is 0.266 e. The maximum atomic E-state index is 11.8. The Bertz CT molecular complexity index is 532. The molecule has 0 fully saturated rings. The quantitative estimate of drug-likeness (QED) is 0.474. The molecule has 0 heterocycles. The van der Waals surface area contributed by atoms with E-state index in [0.29, 0.717) is 0 Å². The van der Waals surface area contributed by atoms with Crippen molar-refractivity contribution >= 4 is 16.0 Å². The van der Waals surface area contributed by atoms with Crippen molar-refractivity contribution in [3.8, 4) is 0 Å². The Labute approximate surface area is 117 Å². The first-order chi connectivity index (χ1) is 9.31. The Morgan fingerprint density at radius 1 is 1.30 bits per heavy atom. The molecule has 112 valence electrons. The van der Waals surface area contributed by atoms with Crippen LogP contribution in [-0.4, -0.2) is 48.4 Å². The second-order valence-electron chi connectivity index (χ2n) is 4.43. The van der Waals surface area contributed by atoms with Crippen LogP contribution >= 0.6 is 0 Å². The van der Waals surface area contributed by atoms with Crippen LogP contribution in [-0.2, 0) is 21.3 Å². The molecule has 1 rings (SSSR count). The summed E-state index contributed by atoms with van der Waals surface area (Å²) in [6.07, 6.45) is 0.288. The number of aliphatic hydroxyl groups is 1. The van der Waals surface area contributed by atoms with E-state index < -0.39 is 40.5 Å². The maximum Gasteiger partial charge on any atom is 0.266 e. The van der Waals surface area contributed by atoms with E-state index in [0.717, 1.165) is 5.56 Å². The molecule has 0 unspecified atom stereocenters. The van der Waals surface area contributed by atoms with E-state index in [1.54, 1.807) is 0 Å². The molecule has 0 aliphatic rings. The molecule has 8 heteroatoms. The van der Waals surface area contributed by atoms with E-state index in [1.807, 2.05) is 30.3 Å². The highest BCUT2D eigenvalue weighted by molar-refractivity contribution is 7.85. The van der Waals surface area contributed by atoms with Crippen LogP contribution in [0, 0.1) is 0 Å². The Morgan fingerprint density at radius 3 is 2.40 bits per heavy atom. The zero-order chi connectivity index (χ0) is 15.2. The summed E-state index contributed by atoms with van der Waals surface area (Å²) in [5.74, 6) is -1.34. The van der Waals surface area contributed by atoms with Crippen LogP contribution in [0.1, 0.15) is 5.56 Å². The summed E-state index contributed by atoms with van der Waals surface area (Å²) in [4.78, 5) is 11.8. The van der Waals surface area contributed by atoms with Gasteiger partial charge in [0.1, 0.15) is 0 Å². The summed E-state index contributed by atoms with van der Waals surface area (Å²) >= 11 is 0. The number of hydrogen-bond acceptors (Lipinski definition) is 5. The summed E-state index contributed by atoms with van der Waals surface area (Å²) in [6, 6.07) is 7.14. The fourth-order valence-electron chi connectivity index (χ4n) is 1.66. The van der Waals surface area contributed by atoms with Crippen LogP contribution < -0.4 is 11.1 Å². The number of nitrogens with two attached hydrogens (primary N) is 1. The average Bonchev–Trinajstić information content (AvgIpc) is 2.37. The van der Waals surface area contributed by atoms with Crippen molar-refractivity contribution in [1.82, 2.24) is 5.32 Å². The van der Waals surface area contributed by atoms with Gasteiger partial charge in [0.25, 0.3) is 10.1 Å². The number of nitrogens with one attached hydrogen (secondary N) is 1. The van der Waals surface area contributed by atoms with E-state index in [9.17, 15) is 13.2 Å². The zero-order valence-electron chi connectivity index (χ0n) is 10.8. The van der Waals surface area contributed by atoms with Gasteiger partial charge in [-0.3, -0.25) is 9.35 Å². The number of hydrogen-bond donors (Lipinski definition) is 4. The number of rotatable bonds is 7. The van der Waals surface area contributed by atoms with Gasteiger partial charge in [0.05, 0.1) is 24.4 Å². The molecule has 0 radical (unpaired) electrons. The van der Waals surface area contributed by atoms with Gasteiger partial charge in [-0.1, -0.05) is 30.3 Å². The number of aliphatic hydroxyl groups excluding tert-OH is 1. The van der Waals surface area contributed by atoms with Gasteiger partial charge in [0, 0.05) is 0 Å². The highest BCUT2D eigenvalue weighted by Gasteiger charge is 2.21. The van der Waals surface area contributed by atoms with Gasteiger partial charge in [0.15, 0.2) is 0 Å². The number of carbonyl (C=O) groups is 1. The highest BCUT2D eigenvalue weighted by Crippen LogP contribution is 2.02. The van der Waals surface area contributed by atoms with Gasteiger partial charge in [-0.25, -0.2) is 0 Å². The zero-order valence-corrected chi connectivity index (χ0v) is 11.6. The minimum atomic E-state index is -4.28. The molecule has 1 aromatic rings. The number of benzene rings is 1. The minimum absolute atomic E-state index is 0.288. The van der Waals surface area contributed by atoms with Crippen LogP contribution in [0.25, 0.3) is 0 Å². The van der Waals surface area contributed by atoms with E-state index >= 15 is 0 Å². The lowest BCUT2D eigenvalue weighted by molar-refractivity contribution is -0.123. The van der Waals surface area contributed by atoms with Crippen molar-refractivity contribution in [1.29, 1.82) is 0 Å². The minimum Gasteiger partial charge on any atom is -0.394 e. The van der Waals surface area contributed by atoms with Gasteiger partial charge < -0.3 is 16.2 Å². The van der Waals surface area contributed by atoms with Crippen molar-refractivity contribution in [2.75, 3.05) is 12.4 Å². The van der Waals surface area contributed by atoms with Crippen LogP contribution in [0.15, 0.2) is 30.3 Å². The summed E-state index contributed by atoms with van der Waals surface area (Å²) in [7, 11) is -4.28. The average molecular weight is 302 g/mol. The van der Waals surface area contributed by atoms with Crippen molar-refractivity contribution in [3.05, 3.63) is 35.9 Å². The Balaban J connectivity index is 2.56. The highest BCUT2D eigenvalue weighted by atomic mass is 32.2. The van der Waals surface area contributed by atoms with Crippen molar-refractivity contribution < 1.29 is 22.9 Å². The molecule has 0 saturated carbocycles. The maximum absolute atomic E-state index is 11.8. The van der Waals surface area contributed by atoms with E-state index in [1.165, 1.54) is 0 Å². The van der Waals surface area contributed by atoms with E-state index in [2.05, 4.69) is 5.32 Å². The van der Waals surface area contributed by atoms with Crippen molar-refractivity contribution in [3.63, 3.8) is 0 Å². The number of carbonyl (C=O) groups excluding carboxylic acids is 1. The first kappa shape index (κ1) is 16.6. The molecule has 5 N–H and O–H groups in total. The first-order valence-corrected chi connectivity index (χ1v) is 7.58. The number of amides is 1. The summed E-state index contributed by atoms with van der Waals surface area (Å²) in [6.45, 7) is -0.608. The van der Waals surface area contributed by atoms with E-state index in [4.69, 9.17) is 15.4 Å². The lowest BCUT2D eigenvalue weighted by Gasteiger charge is -2.18. The fraction of sp³-hybridized carbons (Fsp3) is 0.417. The Kier molecular flexibility index (Phi) is 6.08. The van der Waals surface area contributed by atoms with Gasteiger partial charge in [-0.15, -0.1) is 0 Å². The predicted octanol–water partition coefficient (Wildman–Crippen LogP) is -1.08. The Morgan fingerprint density at radius 2 is 1.90 bits per heavy atom. The topological polar surface area (TPSA) is 130 Å². The third-order valence-corrected chi connectivity index (χ3v) is 3.44. The molecule has 0 bridgehead atoms. The van der Waals surface area contributed by atoms with Crippen LogP contribution in [0.5, 0.6) is 0 Å². The molecular formula is C12H18N2O5S. The molecular weight excluding hydrogens is 284 g/mol. The molecule has 2 atom stereocenters. The van der Waals surface area contributed by atoms with Crippen molar-refractivity contribution in [2.24, 2.45) is 5.73 Å². The first-order valence-electron chi connectivity index (χ1n) is 5.97. The molecule has 0 aromatic heterocycles. The van der Waals surface area contributed by atoms with Gasteiger partial charge >= 0.3 is 0 Å². The van der Waals surface area contributed by atoms with Gasteiger partial charge in [-0.2, -0.15) is 8.42 Å². The molecule has 1 amide bonds. The molecule has 0 aliphatic heterocycles. The molecule has 20 heavy (non-hydrogen) atoms. The SMILES string of the molecule is N[C@@H](Cc1ccccc1)C(=O)N[C@@H](CO)CS(=O)(=O)O. The predicted molar refractivity (Wildman–Crippen MR) is 73.6 cm³/mol. The van der Waals surface area contributed by atoms with Crippen LogP contribution in [0.4, 0.5) is 0 Å². The fourth-order valence-corrected chi connectivity index (χ4v) is 2.36. The Hall–Kier alpha value is -1.48. The van der Waals surface area contributed by atoms with Gasteiger partial charge in [0.2, 0.25) is 5.91 Å². The molecule has 0 spiro atoms. The lowest BCUT2D eigenvalue weighted by Crippen LogP contribution is -2.49. The summed E-state index contributed by atoms with van der Waals surface area (Å²) in [5.41, 5.74) is 6.58. The summed E-state index contributed by atoms with van der Waals surface area (Å²) < 4.78 is 30.1. The second-order valence-corrected chi connectivity index (χ2v) is 5.93. The lowest BCUT2D eigenvalue weighted by atomic mass is 10.1. The molecule has 1 aromatic carbocycles. The van der Waals surface area contributed by atoms with E-state index in [-0.39, 0.29) is 6.42 Å². The molecule has 7 nitrogen and oxygen atoms in total. The van der Waals surface area contributed by atoms with Crippen LogP contribution in [0.2, 0.25) is 0 Å². The summed E-state index contributed by atoms with van der Waals surface area (Å²) in [5, 5.41) is 11.3. The monoisotopic (exact) mass is 302 g/mol. The second kappa shape index (κ2) is 7.34. The molecule has 0 saturated heterocycles. The standard InChI is InChI=1S/C12H18N2O5S/c13-11(6-9-4-2-1-3-5-9)12(16)14-10(7-15)8-20(17,18)19/h1-5,10-11,15H,6-8,13H2,(H,14,16)(H,17,18,19)/t10-,11-/m0/s1.